The number of carbonyl (C=O) groups excluding carboxylic acids is 2. The molecule has 0 radical (unpaired) electrons. The number of pyridine rings is 1. The standard InChI is InChI=1S/C17H15Cl2N3O2/c18-12-3-4-14(13(19)8-12)22-16(24)17(5-6-17)15(23)21-10-11-2-1-7-20-9-11/h1-4,7-9H,5-6,10H2,(H,21,23)(H,22,24). The summed E-state index contributed by atoms with van der Waals surface area (Å²) in [7, 11) is 0. The largest absolute Gasteiger partial charge is 0.351 e. The third-order valence-corrected chi connectivity index (χ3v) is 4.52. The van der Waals surface area contributed by atoms with E-state index in [1.807, 2.05) is 6.07 Å². The van der Waals surface area contributed by atoms with Gasteiger partial charge in [0.25, 0.3) is 0 Å². The van der Waals surface area contributed by atoms with Crippen LogP contribution in [0.2, 0.25) is 10.0 Å². The van der Waals surface area contributed by atoms with Gasteiger partial charge in [0.15, 0.2) is 0 Å². The number of halogens is 2. The van der Waals surface area contributed by atoms with Crippen molar-refractivity contribution in [2.24, 2.45) is 5.41 Å². The van der Waals surface area contributed by atoms with Crippen LogP contribution in [0.15, 0.2) is 42.7 Å². The quantitative estimate of drug-likeness (QED) is 0.799. The molecule has 7 heteroatoms. The monoisotopic (exact) mass is 363 g/mol. The summed E-state index contributed by atoms with van der Waals surface area (Å²) in [5.74, 6) is -0.635. The van der Waals surface area contributed by atoms with Crippen LogP contribution in [0.25, 0.3) is 0 Å². The van der Waals surface area contributed by atoms with Gasteiger partial charge in [-0.25, -0.2) is 0 Å². The lowest BCUT2D eigenvalue weighted by molar-refractivity contribution is -0.134. The number of hydrogen-bond donors (Lipinski definition) is 2. The lowest BCUT2D eigenvalue weighted by atomic mass is 10.0. The summed E-state index contributed by atoms with van der Waals surface area (Å²) in [6, 6.07) is 8.45. The zero-order chi connectivity index (χ0) is 17.2. The Kier molecular flexibility index (Phi) is 4.73. The topological polar surface area (TPSA) is 71.1 Å². The fourth-order valence-corrected chi connectivity index (χ4v) is 2.83. The number of carbonyl (C=O) groups is 2. The molecule has 0 bridgehead atoms. The van der Waals surface area contributed by atoms with Crippen molar-refractivity contribution >= 4 is 40.7 Å². The van der Waals surface area contributed by atoms with Crippen LogP contribution in [0.5, 0.6) is 0 Å². The molecule has 0 saturated heterocycles. The van der Waals surface area contributed by atoms with Crippen molar-refractivity contribution in [3.8, 4) is 0 Å². The minimum absolute atomic E-state index is 0.283. The molecule has 2 amide bonds. The molecule has 1 aromatic carbocycles. The first-order chi connectivity index (χ1) is 11.5. The average molecular weight is 364 g/mol. The minimum Gasteiger partial charge on any atom is -0.351 e. The SMILES string of the molecule is O=C(NCc1cccnc1)C1(C(=O)Nc2ccc(Cl)cc2Cl)CC1. The summed E-state index contributed by atoms with van der Waals surface area (Å²) in [5, 5.41) is 6.33. The summed E-state index contributed by atoms with van der Waals surface area (Å²) in [4.78, 5) is 28.9. The first-order valence-corrected chi connectivity index (χ1v) is 8.20. The molecule has 1 saturated carbocycles. The molecule has 3 rings (SSSR count). The molecular formula is C17H15Cl2N3O2. The number of amides is 2. The Labute approximate surface area is 149 Å². The normalized spacial score (nSPS) is 14.8. The molecule has 0 atom stereocenters. The van der Waals surface area contributed by atoms with E-state index in [-0.39, 0.29) is 11.8 Å². The minimum atomic E-state index is -1.02. The molecule has 1 aliphatic rings. The molecule has 2 aromatic rings. The molecule has 0 spiro atoms. The molecule has 24 heavy (non-hydrogen) atoms. The molecule has 1 fully saturated rings. The summed E-state index contributed by atoms with van der Waals surface area (Å²) >= 11 is 11.9. The number of benzene rings is 1. The predicted octanol–water partition coefficient (Wildman–Crippen LogP) is 3.42. The van der Waals surface area contributed by atoms with Crippen molar-refractivity contribution < 1.29 is 9.59 Å². The number of hydrogen-bond acceptors (Lipinski definition) is 3. The maximum absolute atomic E-state index is 12.5. The van der Waals surface area contributed by atoms with E-state index in [0.29, 0.717) is 35.1 Å². The summed E-state index contributed by atoms with van der Waals surface area (Å²) in [6.45, 7) is 0.337. The van der Waals surface area contributed by atoms with Gasteiger partial charge in [-0.2, -0.15) is 0 Å². The van der Waals surface area contributed by atoms with Crippen LogP contribution in [0.1, 0.15) is 18.4 Å². The molecule has 1 aliphatic carbocycles. The number of aromatic nitrogens is 1. The van der Waals surface area contributed by atoms with Crippen LogP contribution in [0, 0.1) is 5.41 Å². The van der Waals surface area contributed by atoms with Crippen molar-refractivity contribution in [2.75, 3.05) is 5.32 Å². The zero-order valence-electron chi connectivity index (χ0n) is 12.7. The molecule has 5 nitrogen and oxygen atoms in total. The molecule has 2 N–H and O–H groups in total. The van der Waals surface area contributed by atoms with Gasteiger partial charge < -0.3 is 10.6 Å². The second-order valence-electron chi connectivity index (χ2n) is 5.70. The number of nitrogens with one attached hydrogen (secondary N) is 2. The van der Waals surface area contributed by atoms with E-state index in [0.717, 1.165) is 5.56 Å². The van der Waals surface area contributed by atoms with Gasteiger partial charge >= 0.3 is 0 Å². The van der Waals surface area contributed by atoms with Crippen LogP contribution < -0.4 is 10.6 Å². The number of rotatable bonds is 5. The van der Waals surface area contributed by atoms with Crippen LogP contribution in [0.3, 0.4) is 0 Å². The molecule has 1 aromatic heterocycles. The van der Waals surface area contributed by atoms with Gasteiger partial charge in [-0.05, 0) is 42.7 Å². The second kappa shape index (κ2) is 6.79. The van der Waals surface area contributed by atoms with E-state index in [2.05, 4.69) is 15.6 Å². The molecule has 0 aliphatic heterocycles. The van der Waals surface area contributed by atoms with E-state index in [9.17, 15) is 9.59 Å². The van der Waals surface area contributed by atoms with E-state index < -0.39 is 5.41 Å². The smallest absolute Gasteiger partial charge is 0.240 e. The van der Waals surface area contributed by atoms with E-state index in [1.165, 1.54) is 0 Å². The van der Waals surface area contributed by atoms with Gasteiger partial charge in [0.05, 0.1) is 10.7 Å². The third kappa shape index (κ3) is 3.52. The molecular weight excluding hydrogens is 349 g/mol. The Hall–Kier alpha value is -2.11. The highest BCUT2D eigenvalue weighted by atomic mass is 35.5. The van der Waals surface area contributed by atoms with Gasteiger partial charge in [-0.3, -0.25) is 14.6 Å². The van der Waals surface area contributed by atoms with Crippen LogP contribution in [0.4, 0.5) is 5.69 Å². The fraction of sp³-hybridized carbons (Fsp3) is 0.235. The number of anilines is 1. The van der Waals surface area contributed by atoms with Crippen molar-refractivity contribution in [1.29, 1.82) is 0 Å². The summed E-state index contributed by atoms with van der Waals surface area (Å²) in [5.41, 5.74) is 0.297. The highest BCUT2D eigenvalue weighted by molar-refractivity contribution is 6.36. The Morgan fingerprint density at radius 1 is 1.17 bits per heavy atom. The van der Waals surface area contributed by atoms with Gasteiger partial charge in [0.2, 0.25) is 11.8 Å². The highest BCUT2D eigenvalue weighted by Gasteiger charge is 2.56. The first-order valence-electron chi connectivity index (χ1n) is 7.45. The van der Waals surface area contributed by atoms with Crippen molar-refractivity contribution in [3.63, 3.8) is 0 Å². The molecule has 124 valence electrons. The van der Waals surface area contributed by atoms with Crippen molar-refractivity contribution in [3.05, 3.63) is 58.3 Å². The second-order valence-corrected chi connectivity index (χ2v) is 6.55. The molecule has 1 heterocycles. The van der Waals surface area contributed by atoms with E-state index >= 15 is 0 Å². The maximum atomic E-state index is 12.5. The Morgan fingerprint density at radius 3 is 2.58 bits per heavy atom. The lowest BCUT2D eigenvalue weighted by Crippen LogP contribution is -2.39. The zero-order valence-corrected chi connectivity index (χ0v) is 14.2. The van der Waals surface area contributed by atoms with Crippen molar-refractivity contribution in [1.82, 2.24) is 10.3 Å². The van der Waals surface area contributed by atoms with E-state index in [1.54, 1.807) is 36.7 Å². The Balaban J connectivity index is 1.64. The van der Waals surface area contributed by atoms with Crippen LogP contribution >= 0.6 is 23.2 Å². The lowest BCUT2D eigenvalue weighted by Gasteiger charge is -2.16. The fourth-order valence-electron chi connectivity index (χ4n) is 2.37. The van der Waals surface area contributed by atoms with Crippen LogP contribution in [-0.4, -0.2) is 16.8 Å². The van der Waals surface area contributed by atoms with Crippen molar-refractivity contribution in [2.45, 2.75) is 19.4 Å². The maximum Gasteiger partial charge on any atom is 0.240 e. The third-order valence-electron chi connectivity index (χ3n) is 3.97. The van der Waals surface area contributed by atoms with Gasteiger partial charge in [-0.1, -0.05) is 29.3 Å². The average Bonchev–Trinajstić information content (AvgIpc) is 3.38. The first kappa shape index (κ1) is 16.7. The highest BCUT2D eigenvalue weighted by Crippen LogP contribution is 2.47. The van der Waals surface area contributed by atoms with E-state index in [4.69, 9.17) is 23.2 Å². The van der Waals surface area contributed by atoms with Gasteiger partial charge in [-0.15, -0.1) is 0 Å². The Morgan fingerprint density at radius 2 is 1.96 bits per heavy atom. The number of nitrogens with zero attached hydrogens (tertiary/aromatic N) is 1. The summed E-state index contributed by atoms with van der Waals surface area (Å²) < 4.78 is 0. The predicted molar refractivity (Wildman–Crippen MR) is 92.8 cm³/mol. The van der Waals surface area contributed by atoms with Gasteiger partial charge in [0.1, 0.15) is 5.41 Å². The summed E-state index contributed by atoms with van der Waals surface area (Å²) in [6.07, 6.45) is 4.37. The Bertz CT molecular complexity index is 777. The van der Waals surface area contributed by atoms with Crippen LogP contribution in [-0.2, 0) is 16.1 Å². The van der Waals surface area contributed by atoms with Gasteiger partial charge in [0, 0.05) is 24.0 Å². The molecule has 0 unspecified atom stereocenters.